The first-order chi connectivity index (χ1) is 37.5. The number of ketones is 1. The van der Waals surface area contributed by atoms with Crippen LogP contribution in [0.4, 0.5) is 0 Å². The Morgan fingerprint density at radius 2 is 1.27 bits per heavy atom. The summed E-state index contributed by atoms with van der Waals surface area (Å²) in [4.78, 5) is 54.7. The Morgan fingerprint density at radius 1 is 0.684 bits per heavy atom. The molecule has 16 heteroatoms. The lowest BCUT2D eigenvalue weighted by Crippen LogP contribution is -2.63. The molecule has 0 saturated carbocycles. The van der Waals surface area contributed by atoms with E-state index < -0.39 is 111 Å². The molecule has 79 heavy (non-hydrogen) atoms. The number of rotatable bonds is 16. The lowest BCUT2D eigenvalue weighted by molar-refractivity contribution is -0.337. The minimum atomic E-state index is -2.62. The van der Waals surface area contributed by atoms with Crippen LogP contribution in [-0.2, 0) is 56.6 Å². The second-order valence-electron chi connectivity index (χ2n) is 24.5. The molecule has 0 radical (unpaired) electrons. The maximum absolute atomic E-state index is 14.1. The van der Waals surface area contributed by atoms with Crippen LogP contribution in [-0.4, -0.2) is 130 Å². The van der Waals surface area contributed by atoms with E-state index in [4.69, 9.17) is 51.8 Å². The normalized spacial score (nSPS) is 35.1. The zero-order chi connectivity index (χ0) is 56.6. The average Bonchev–Trinajstić information content (AvgIpc) is 4.18. The van der Waals surface area contributed by atoms with E-state index in [0.29, 0.717) is 29.5 Å². The van der Waals surface area contributed by atoms with Crippen molar-refractivity contribution in [1.29, 1.82) is 0 Å². The molecule has 5 saturated heterocycles. The molecule has 1 spiro atoms. The fourth-order valence-corrected chi connectivity index (χ4v) is 19.6. The first-order valence-electron chi connectivity index (χ1n) is 28.8. The van der Waals surface area contributed by atoms with Crippen LogP contribution in [0.1, 0.15) is 146 Å². The molecule has 5 fully saturated rings. The molecule has 0 bridgehead atoms. The van der Waals surface area contributed by atoms with Crippen molar-refractivity contribution in [2.24, 2.45) is 17.8 Å². The van der Waals surface area contributed by atoms with Crippen LogP contribution in [0.25, 0.3) is 0 Å². The summed E-state index contributed by atoms with van der Waals surface area (Å²) in [5, 5.41) is 0. The van der Waals surface area contributed by atoms with Crippen molar-refractivity contribution < 1.29 is 71.0 Å². The van der Waals surface area contributed by atoms with Gasteiger partial charge in [-0.25, -0.2) is 14.4 Å². The van der Waals surface area contributed by atoms with Gasteiger partial charge in [0.05, 0.1) is 78.7 Å². The van der Waals surface area contributed by atoms with Gasteiger partial charge in [0.25, 0.3) is 0 Å². The average molecular weight is 1110 g/mol. The minimum Gasteiger partial charge on any atom is -0.462 e. The topological polar surface area (TPSA) is 170 Å². The maximum atomic E-state index is 14.1. The predicted octanol–water partition coefficient (Wildman–Crippen LogP) is 11.2. The number of allylic oxidation sites excluding steroid dienone is 1. The molecule has 6 heterocycles. The van der Waals surface area contributed by atoms with Gasteiger partial charge in [0.1, 0.15) is 23.9 Å². The first-order valence-corrected chi connectivity index (χ1v) is 31.0. The van der Waals surface area contributed by atoms with E-state index in [2.05, 4.69) is 62.3 Å². The van der Waals surface area contributed by atoms with Crippen LogP contribution in [0.3, 0.4) is 0 Å². The summed E-state index contributed by atoms with van der Waals surface area (Å²) in [6.45, 7) is 25.8. The Morgan fingerprint density at radius 3 is 1.87 bits per heavy atom. The van der Waals surface area contributed by atoms with Crippen LogP contribution in [0.2, 0.25) is 16.6 Å². The van der Waals surface area contributed by atoms with E-state index in [-0.39, 0.29) is 72.6 Å². The molecule has 16 atom stereocenters. The van der Waals surface area contributed by atoms with Crippen LogP contribution in [0, 0.1) is 17.8 Å². The van der Waals surface area contributed by atoms with Gasteiger partial charge in [-0.1, -0.05) is 123 Å². The maximum Gasteiger partial charge on any atom is 0.338 e. The van der Waals surface area contributed by atoms with E-state index in [0.717, 1.165) is 0 Å². The molecule has 0 aliphatic carbocycles. The summed E-state index contributed by atoms with van der Waals surface area (Å²) >= 11 is 0. The van der Waals surface area contributed by atoms with Gasteiger partial charge in [0, 0.05) is 43.9 Å². The molecule has 0 unspecified atom stereocenters. The standard InChI is InChI=1S/C63H84O15Si/c1-37(2)79(38(3)4,39(5)6)77-56-41(8)54-51(73-55-40(7)42(9)63(76-57(55)56)35-48(36-69-63)71-59(66)44-24-18-14-19-25-44)34-50-49(72-54)32-46(64)28-29-47(70-50)33-53(74-60(67)45-26-20-15-21-27-45)62(12)52(75-61(10,11)78-62)30-31-68-58(65)43-22-16-13-17-23-43/h13-29,37-42,47-57H,30-36H2,1-12H3/b29-28-/t40-,41+,42-,47+,48-,49-,50+,51-,52+,53+,54+,55+,56-,57+,62-,63+/m0/s1. The molecule has 9 rings (SSSR count). The summed E-state index contributed by atoms with van der Waals surface area (Å²) < 4.78 is 75.6. The van der Waals surface area contributed by atoms with E-state index in [1.165, 1.54) is 6.08 Å². The predicted molar refractivity (Wildman–Crippen MR) is 297 cm³/mol. The van der Waals surface area contributed by atoms with Crippen LogP contribution >= 0.6 is 0 Å². The summed E-state index contributed by atoms with van der Waals surface area (Å²) in [6, 6.07) is 26.5. The third-order valence-corrected chi connectivity index (χ3v) is 24.1. The van der Waals surface area contributed by atoms with Gasteiger partial charge in [0.2, 0.25) is 8.32 Å². The lowest BCUT2D eigenvalue weighted by Gasteiger charge is -2.53. The Kier molecular flexibility index (Phi) is 18.0. The Labute approximate surface area is 468 Å². The quantitative estimate of drug-likeness (QED) is 0.0753. The number of esters is 3. The molecular formula is C63H84O15Si. The first kappa shape index (κ1) is 59.0. The van der Waals surface area contributed by atoms with E-state index in [9.17, 15) is 19.2 Å². The van der Waals surface area contributed by atoms with Crippen molar-refractivity contribution in [2.75, 3.05) is 13.2 Å². The van der Waals surface area contributed by atoms with Gasteiger partial charge >= 0.3 is 17.9 Å². The number of fused-ring (bicyclic) bond motifs is 3. The van der Waals surface area contributed by atoms with Crippen LogP contribution in [0.15, 0.2) is 103 Å². The molecule has 0 N–H and O–H groups in total. The molecule has 3 aromatic rings. The van der Waals surface area contributed by atoms with Crippen molar-refractivity contribution in [2.45, 2.75) is 216 Å². The number of benzene rings is 3. The molecule has 0 aromatic heterocycles. The highest BCUT2D eigenvalue weighted by Gasteiger charge is 2.64. The van der Waals surface area contributed by atoms with Gasteiger partial charge in [-0.05, 0) is 85.8 Å². The van der Waals surface area contributed by atoms with E-state index >= 15 is 0 Å². The SMILES string of the molecule is CC(C)[Si](O[C@H]1[C@H](C)[C@H]2O[C@H]3CC(=O)/C=C\[C@H](C[C@@H](OC(=O)c4ccccc4)[C@@]4(C)OC(C)(C)O[C@@H]4CCOC(=O)c4ccccc4)O[C@@H]3C[C@@H]2O[C@@H]2[C@@H](C)[C@H](C)[C@@]3(C[C@H](OC(=O)c4ccccc4)CO3)O[C@H]21)(C(C)C)C(C)C. The highest BCUT2D eigenvalue weighted by Crippen LogP contribution is 2.54. The summed E-state index contributed by atoms with van der Waals surface area (Å²) in [6.07, 6.45) is -2.46. The lowest BCUT2D eigenvalue weighted by atomic mass is 9.75. The largest absolute Gasteiger partial charge is 0.462 e. The second kappa shape index (κ2) is 24.1. The van der Waals surface area contributed by atoms with E-state index in [1.807, 2.05) is 37.3 Å². The highest BCUT2D eigenvalue weighted by molar-refractivity contribution is 6.77. The summed E-state index contributed by atoms with van der Waals surface area (Å²) in [7, 11) is -2.62. The molecule has 6 aliphatic heterocycles. The van der Waals surface area contributed by atoms with Gasteiger partial charge in [-0.2, -0.15) is 0 Å². The molecule has 6 aliphatic rings. The summed E-state index contributed by atoms with van der Waals surface area (Å²) in [5.41, 5.74) is 0.727. The fraction of sp³-hybridized carbons (Fsp3) is 0.619. The van der Waals surface area contributed by atoms with E-state index in [1.54, 1.807) is 80.6 Å². The van der Waals surface area contributed by atoms with Gasteiger partial charge < -0.3 is 51.8 Å². The Hall–Kier alpha value is -4.62. The molecule has 0 amide bonds. The number of carbonyl (C=O) groups excluding carboxylic acids is 4. The van der Waals surface area contributed by atoms with Crippen LogP contribution < -0.4 is 0 Å². The van der Waals surface area contributed by atoms with Gasteiger partial charge in [0.15, 0.2) is 17.4 Å². The van der Waals surface area contributed by atoms with Crippen molar-refractivity contribution in [3.8, 4) is 0 Å². The zero-order valence-corrected chi connectivity index (χ0v) is 49.2. The third kappa shape index (κ3) is 12.3. The molecule has 15 nitrogen and oxygen atoms in total. The van der Waals surface area contributed by atoms with Crippen molar-refractivity contribution >= 4 is 32.0 Å². The smallest absolute Gasteiger partial charge is 0.338 e. The van der Waals surface area contributed by atoms with Gasteiger partial charge in [-0.3, -0.25) is 4.79 Å². The van der Waals surface area contributed by atoms with Crippen molar-refractivity contribution in [1.82, 2.24) is 0 Å². The number of hydrogen-bond donors (Lipinski definition) is 0. The minimum absolute atomic E-state index is 0.00759. The zero-order valence-electron chi connectivity index (χ0n) is 48.2. The van der Waals surface area contributed by atoms with Crippen molar-refractivity contribution in [3.05, 3.63) is 120 Å². The molecular weight excluding hydrogens is 1020 g/mol. The number of ether oxygens (including phenoxy) is 10. The Bertz CT molecular complexity index is 2590. The molecule has 3 aromatic carbocycles. The Balaban J connectivity index is 1.01. The summed E-state index contributed by atoms with van der Waals surface area (Å²) in [5.74, 6) is -4.37. The van der Waals surface area contributed by atoms with Gasteiger partial charge in [-0.15, -0.1) is 0 Å². The van der Waals surface area contributed by atoms with Crippen LogP contribution in [0.5, 0.6) is 0 Å². The third-order valence-electron chi connectivity index (χ3n) is 18.0. The highest BCUT2D eigenvalue weighted by atomic mass is 28.4. The molecule has 430 valence electrons. The fourth-order valence-electron chi connectivity index (χ4n) is 14.0. The number of hydrogen-bond acceptors (Lipinski definition) is 15. The monoisotopic (exact) mass is 1110 g/mol. The number of carbonyl (C=O) groups is 4. The second-order valence-corrected chi connectivity index (χ2v) is 30.0. The van der Waals surface area contributed by atoms with Crippen molar-refractivity contribution in [3.63, 3.8) is 0 Å².